The number of rotatable bonds is 7. The van der Waals surface area contributed by atoms with Crippen LogP contribution in [0, 0.1) is 10.1 Å². The largest absolute Gasteiger partial charge is 0.436 e. The second kappa shape index (κ2) is 10.7. The Balaban J connectivity index is 1.69. The zero-order chi connectivity index (χ0) is 26.0. The molecule has 0 amide bonds. The molecule has 4 aromatic rings. The normalized spacial score (nSPS) is 12.2. The SMILES string of the molecule is CC[C@H](C)c1nc2ccc(Br)cc2c(=O)n1N=Cc1cc(Cl)c(Oc2ccc([N+](=O)[O-])cn2)c(Cl)c1. The highest BCUT2D eigenvalue weighted by molar-refractivity contribution is 9.10. The number of benzene rings is 2. The summed E-state index contributed by atoms with van der Waals surface area (Å²) in [6.07, 6.45) is 3.30. The van der Waals surface area contributed by atoms with Crippen molar-refractivity contribution in [3.63, 3.8) is 0 Å². The lowest BCUT2D eigenvalue weighted by Gasteiger charge is -2.14. The highest BCUT2D eigenvalue weighted by atomic mass is 79.9. The van der Waals surface area contributed by atoms with Gasteiger partial charge < -0.3 is 4.74 Å². The summed E-state index contributed by atoms with van der Waals surface area (Å²) in [5.74, 6) is 0.741. The summed E-state index contributed by atoms with van der Waals surface area (Å²) in [5, 5.41) is 16.0. The van der Waals surface area contributed by atoms with E-state index in [1.165, 1.54) is 23.0 Å². The van der Waals surface area contributed by atoms with Crippen LogP contribution in [0.3, 0.4) is 0 Å². The van der Waals surface area contributed by atoms with Crippen LogP contribution in [0.1, 0.15) is 37.6 Å². The lowest BCUT2D eigenvalue weighted by Crippen LogP contribution is -2.23. The molecule has 0 spiro atoms. The van der Waals surface area contributed by atoms with E-state index < -0.39 is 4.92 Å². The number of aromatic nitrogens is 3. The van der Waals surface area contributed by atoms with Crippen molar-refractivity contribution in [3.8, 4) is 11.6 Å². The fourth-order valence-corrected chi connectivity index (χ4v) is 4.24. The molecule has 0 fully saturated rings. The minimum atomic E-state index is -0.563. The molecule has 2 aromatic heterocycles. The van der Waals surface area contributed by atoms with Gasteiger partial charge in [0.1, 0.15) is 12.0 Å². The molecule has 0 unspecified atom stereocenters. The molecule has 1 atom stereocenters. The summed E-state index contributed by atoms with van der Waals surface area (Å²) in [6, 6.07) is 11.1. The third-order valence-electron chi connectivity index (χ3n) is 5.37. The van der Waals surface area contributed by atoms with Crippen molar-refractivity contribution in [1.29, 1.82) is 0 Å². The summed E-state index contributed by atoms with van der Waals surface area (Å²) in [6.45, 7) is 3.99. The zero-order valence-corrected chi connectivity index (χ0v) is 22.1. The Hall–Kier alpha value is -3.34. The predicted octanol–water partition coefficient (Wildman–Crippen LogP) is 6.96. The summed E-state index contributed by atoms with van der Waals surface area (Å²) in [4.78, 5) is 32.1. The highest BCUT2D eigenvalue weighted by Gasteiger charge is 2.16. The molecule has 0 aliphatic rings. The fraction of sp³-hybridized carbons (Fsp3) is 0.167. The minimum absolute atomic E-state index is 0.0138. The number of hydrogen-bond donors (Lipinski definition) is 0. The van der Waals surface area contributed by atoms with Crippen molar-refractivity contribution in [3.05, 3.63) is 95.0 Å². The fourth-order valence-electron chi connectivity index (χ4n) is 3.30. The van der Waals surface area contributed by atoms with Gasteiger partial charge in [-0.25, -0.2) is 9.97 Å². The Kier molecular flexibility index (Phi) is 7.67. The summed E-state index contributed by atoms with van der Waals surface area (Å²) < 4.78 is 7.67. The second-order valence-electron chi connectivity index (χ2n) is 7.83. The van der Waals surface area contributed by atoms with Crippen LogP contribution in [-0.2, 0) is 0 Å². The van der Waals surface area contributed by atoms with Gasteiger partial charge in [0.25, 0.3) is 11.2 Å². The van der Waals surface area contributed by atoms with E-state index in [1.54, 1.807) is 24.3 Å². The summed E-state index contributed by atoms with van der Waals surface area (Å²) in [7, 11) is 0. The molecule has 184 valence electrons. The van der Waals surface area contributed by atoms with Crippen LogP contribution in [0.25, 0.3) is 10.9 Å². The monoisotopic (exact) mass is 589 g/mol. The van der Waals surface area contributed by atoms with Crippen LogP contribution >= 0.6 is 39.1 Å². The molecule has 36 heavy (non-hydrogen) atoms. The first-order chi connectivity index (χ1) is 17.2. The van der Waals surface area contributed by atoms with Crippen molar-refractivity contribution in [2.24, 2.45) is 5.10 Å². The Morgan fingerprint density at radius 2 is 1.94 bits per heavy atom. The van der Waals surface area contributed by atoms with E-state index in [9.17, 15) is 14.9 Å². The van der Waals surface area contributed by atoms with E-state index in [2.05, 4.69) is 31.0 Å². The number of ether oxygens (including phenoxy) is 1. The number of nitro groups is 1. The molecular weight excluding hydrogens is 573 g/mol. The Bertz CT molecular complexity index is 1530. The van der Waals surface area contributed by atoms with Gasteiger partial charge >= 0.3 is 0 Å². The van der Waals surface area contributed by atoms with E-state index in [1.807, 2.05) is 19.9 Å². The molecular formula is C24H18BrCl2N5O4. The number of hydrogen-bond acceptors (Lipinski definition) is 7. The first kappa shape index (κ1) is 25.7. The summed E-state index contributed by atoms with van der Waals surface area (Å²) >= 11 is 16.2. The van der Waals surface area contributed by atoms with Crippen LogP contribution in [0.2, 0.25) is 10.0 Å². The van der Waals surface area contributed by atoms with Crippen molar-refractivity contribution in [1.82, 2.24) is 14.6 Å². The van der Waals surface area contributed by atoms with Gasteiger partial charge in [-0.15, -0.1) is 0 Å². The molecule has 0 bridgehead atoms. The Morgan fingerprint density at radius 1 is 1.22 bits per heavy atom. The average Bonchev–Trinajstić information content (AvgIpc) is 2.85. The van der Waals surface area contributed by atoms with Crippen molar-refractivity contribution >= 4 is 61.9 Å². The molecule has 0 saturated carbocycles. The van der Waals surface area contributed by atoms with Gasteiger partial charge in [-0.3, -0.25) is 14.9 Å². The molecule has 0 N–H and O–H groups in total. The smallest absolute Gasteiger partial charge is 0.287 e. The lowest BCUT2D eigenvalue weighted by molar-refractivity contribution is -0.385. The quantitative estimate of drug-likeness (QED) is 0.131. The van der Waals surface area contributed by atoms with Gasteiger partial charge in [-0.1, -0.05) is 53.0 Å². The minimum Gasteiger partial charge on any atom is -0.436 e. The second-order valence-corrected chi connectivity index (χ2v) is 9.56. The standard InChI is InChI=1S/C24H18BrCl2N5O4/c1-3-13(2)23-30-20-6-4-15(25)10-17(20)24(33)31(23)29-11-14-8-18(26)22(19(27)9-14)36-21-7-5-16(12-28-21)32(34)35/h4-13H,3H2,1-2H3/t13-/m0/s1. The van der Waals surface area contributed by atoms with E-state index in [4.69, 9.17) is 27.9 Å². The van der Waals surface area contributed by atoms with Crippen LogP contribution in [0.15, 0.2) is 63.0 Å². The van der Waals surface area contributed by atoms with Gasteiger partial charge in [-0.2, -0.15) is 9.78 Å². The first-order valence-corrected chi connectivity index (χ1v) is 12.3. The molecule has 0 saturated heterocycles. The van der Waals surface area contributed by atoms with Crippen LogP contribution in [0.5, 0.6) is 11.6 Å². The maximum absolute atomic E-state index is 13.3. The van der Waals surface area contributed by atoms with E-state index in [0.717, 1.165) is 17.1 Å². The van der Waals surface area contributed by atoms with Crippen LogP contribution in [0.4, 0.5) is 5.69 Å². The van der Waals surface area contributed by atoms with E-state index >= 15 is 0 Å². The van der Waals surface area contributed by atoms with Gasteiger partial charge in [0.15, 0.2) is 5.75 Å². The number of halogens is 3. The van der Waals surface area contributed by atoms with Crippen molar-refractivity contribution in [2.75, 3.05) is 0 Å². The van der Waals surface area contributed by atoms with Gasteiger partial charge in [0.05, 0.1) is 32.1 Å². The molecule has 0 aliphatic carbocycles. The summed E-state index contributed by atoms with van der Waals surface area (Å²) in [5.41, 5.74) is 0.644. The molecule has 0 radical (unpaired) electrons. The van der Waals surface area contributed by atoms with Gasteiger partial charge in [-0.05, 0) is 42.3 Å². The molecule has 12 heteroatoms. The molecule has 2 aromatic carbocycles. The third kappa shape index (κ3) is 5.40. The predicted molar refractivity (Wildman–Crippen MR) is 143 cm³/mol. The lowest BCUT2D eigenvalue weighted by atomic mass is 10.1. The highest BCUT2D eigenvalue weighted by Crippen LogP contribution is 2.37. The maximum Gasteiger partial charge on any atom is 0.287 e. The number of pyridine rings is 1. The van der Waals surface area contributed by atoms with Crippen molar-refractivity contribution < 1.29 is 9.66 Å². The molecule has 2 heterocycles. The van der Waals surface area contributed by atoms with Gasteiger partial charge in [0, 0.05) is 22.5 Å². The van der Waals surface area contributed by atoms with Gasteiger partial charge in [0.2, 0.25) is 5.88 Å². The molecule has 0 aliphatic heterocycles. The molecule has 9 nitrogen and oxygen atoms in total. The van der Waals surface area contributed by atoms with Crippen LogP contribution in [-0.4, -0.2) is 25.8 Å². The number of fused-ring (bicyclic) bond motifs is 1. The van der Waals surface area contributed by atoms with Crippen LogP contribution < -0.4 is 10.3 Å². The maximum atomic E-state index is 13.3. The number of nitrogens with zero attached hydrogens (tertiary/aromatic N) is 5. The average molecular weight is 591 g/mol. The first-order valence-electron chi connectivity index (χ1n) is 10.7. The van der Waals surface area contributed by atoms with E-state index in [-0.39, 0.29) is 38.8 Å². The van der Waals surface area contributed by atoms with Crippen molar-refractivity contribution in [2.45, 2.75) is 26.2 Å². The Morgan fingerprint density at radius 3 is 2.56 bits per heavy atom. The molecule has 4 rings (SSSR count). The topological polar surface area (TPSA) is 113 Å². The third-order valence-corrected chi connectivity index (χ3v) is 6.42. The van der Waals surface area contributed by atoms with E-state index in [0.29, 0.717) is 22.3 Å². The zero-order valence-electron chi connectivity index (χ0n) is 19.0. The Labute approximate surface area is 223 Å².